The highest BCUT2D eigenvalue weighted by Gasteiger charge is 2.15. The van der Waals surface area contributed by atoms with Crippen molar-refractivity contribution in [1.29, 1.82) is 0 Å². The van der Waals surface area contributed by atoms with Crippen LogP contribution in [0, 0.1) is 0 Å². The van der Waals surface area contributed by atoms with E-state index in [1.807, 2.05) is 25.2 Å². The van der Waals surface area contributed by atoms with Crippen molar-refractivity contribution in [3.05, 3.63) is 23.8 Å². The van der Waals surface area contributed by atoms with Gasteiger partial charge in [-0.1, -0.05) is 0 Å². The number of fused-ring (bicyclic) bond motifs is 1. The summed E-state index contributed by atoms with van der Waals surface area (Å²) in [6, 6.07) is 5.60. The molecule has 0 aliphatic carbocycles. The molecule has 3 N–H and O–H groups in total. The number of rotatable bonds is 5. The van der Waals surface area contributed by atoms with Crippen LogP contribution in [-0.2, 0) is 16.0 Å². The van der Waals surface area contributed by atoms with E-state index in [1.54, 1.807) is 0 Å². The second-order valence-corrected chi connectivity index (χ2v) is 4.68. The molecule has 0 atom stereocenters. The van der Waals surface area contributed by atoms with Gasteiger partial charge in [0.05, 0.1) is 0 Å². The third kappa shape index (κ3) is 4.51. The summed E-state index contributed by atoms with van der Waals surface area (Å²) < 4.78 is 0. The van der Waals surface area contributed by atoms with Crippen LogP contribution in [0.2, 0.25) is 0 Å². The number of aryl methyl sites for hydroxylation is 1. The Bertz CT molecular complexity index is 491. The van der Waals surface area contributed by atoms with Crippen LogP contribution in [0.4, 0.5) is 11.4 Å². The molecule has 1 aliphatic heterocycles. The van der Waals surface area contributed by atoms with Crippen molar-refractivity contribution in [3.8, 4) is 0 Å². The van der Waals surface area contributed by atoms with Crippen LogP contribution in [0.25, 0.3) is 0 Å². The number of amides is 2. The normalized spacial score (nSPS) is 12.9. The molecule has 1 aromatic rings. The Morgan fingerprint density at radius 3 is 2.90 bits per heavy atom. The standard InChI is InChI=1S/C14H19N3O2.ClH/c1-15-8-2-3-13(18)16-11-5-6-12-10(9-11)4-7-14(19)17-12;/h5-6,9,15H,2-4,7-8H2,1H3,(H,16,18)(H,17,19);1H. The average Bonchev–Trinajstić information content (AvgIpc) is 2.39. The molecule has 0 fully saturated rings. The highest BCUT2D eigenvalue weighted by atomic mass is 35.5. The lowest BCUT2D eigenvalue weighted by atomic mass is 10.0. The van der Waals surface area contributed by atoms with E-state index in [0.29, 0.717) is 12.8 Å². The summed E-state index contributed by atoms with van der Waals surface area (Å²) in [6.45, 7) is 0.837. The van der Waals surface area contributed by atoms with Gasteiger partial charge in [-0.25, -0.2) is 0 Å². The van der Waals surface area contributed by atoms with Crippen molar-refractivity contribution in [3.63, 3.8) is 0 Å². The molecule has 0 saturated heterocycles. The van der Waals surface area contributed by atoms with E-state index in [0.717, 1.165) is 36.3 Å². The maximum absolute atomic E-state index is 11.7. The van der Waals surface area contributed by atoms with Crippen molar-refractivity contribution >= 4 is 35.6 Å². The first-order chi connectivity index (χ1) is 9.19. The van der Waals surface area contributed by atoms with Crippen LogP contribution < -0.4 is 16.0 Å². The van der Waals surface area contributed by atoms with Gasteiger partial charge in [-0.15, -0.1) is 12.4 Å². The summed E-state index contributed by atoms with van der Waals surface area (Å²) in [4.78, 5) is 22.9. The van der Waals surface area contributed by atoms with Gasteiger partial charge in [-0.2, -0.15) is 0 Å². The summed E-state index contributed by atoms with van der Waals surface area (Å²) in [5.74, 6) is 0.0754. The van der Waals surface area contributed by atoms with Crippen molar-refractivity contribution < 1.29 is 9.59 Å². The van der Waals surface area contributed by atoms with Gasteiger partial charge < -0.3 is 16.0 Å². The Morgan fingerprint density at radius 1 is 1.35 bits per heavy atom. The summed E-state index contributed by atoms with van der Waals surface area (Å²) in [5, 5.41) is 8.72. The van der Waals surface area contributed by atoms with Crippen LogP contribution in [0.1, 0.15) is 24.8 Å². The van der Waals surface area contributed by atoms with E-state index in [4.69, 9.17) is 0 Å². The molecule has 6 heteroatoms. The van der Waals surface area contributed by atoms with Crippen molar-refractivity contribution in [2.75, 3.05) is 24.2 Å². The molecule has 0 aromatic heterocycles. The fourth-order valence-corrected chi connectivity index (χ4v) is 2.11. The number of hydrogen-bond donors (Lipinski definition) is 3. The van der Waals surface area contributed by atoms with Gasteiger partial charge in [0.15, 0.2) is 0 Å². The Labute approximate surface area is 124 Å². The fraction of sp³-hybridized carbons (Fsp3) is 0.429. The molecule has 0 saturated carbocycles. The number of hydrogen-bond acceptors (Lipinski definition) is 3. The molecule has 1 aromatic carbocycles. The lowest BCUT2D eigenvalue weighted by molar-refractivity contribution is -0.117. The Balaban J connectivity index is 0.00000200. The van der Waals surface area contributed by atoms with Gasteiger partial charge >= 0.3 is 0 Å². The minimum absolute atomic E-state index is 0. The Morgan fingerprint density at radius 2 is 2.15 bits per heavy atom. The van der Waals surface area contributed by atoms with Gasteiger partial charge in [0.1, 0.15) is 0 Å². The average molecular weight is 298 g/mol. The number of carbonyl (C=O) groups excluding carboxylic acids is 2. The number of anilines is 2. The van der Waals surface area contributed by atoms with Gasteiger partial charge in [0.2, 0.25) is 11.8 Å². The highest BCUT2D eigenvalue weighted by Crippen LogP contribution is 2.25. The number of carbonyl (C=O) groups is 2. The number of benzene rings is 1. The first-order valence-electron chi connectivity index (χ1n) is 6.56. The zero-order valence-electron chi connectivity index (χ0n) is 11.5. The predicted octanol–water partition coefficient (Wildman–Crippen LogP) is 1.93. The topological polar surface area (TPSA) is 70.2 Å². The van der Waals surface area contributed by atoms with Crippen LogP contribution in [0.3, 0.4) is 0 Å². The third-order valence-electron chi connectivity index (χ3n) is 3.12. The van der Waals surface area contributed by atoms with Crippen molar-refractivity contribution in [1.82, 2.24) is 5.32 Å². The van der Waals surface area contributed by atoms with Crippen LogP contribution in [0.15, 0.2) is 18.2 Å². The van der Waals surface area contributed by atoms with Crippen LogP contribution >= 0.6 is 12.4 Å². The van der Waals surface area contributed by atoms with Gasteiger partial charge in [-0.3, -0.25) is 9.59 Å². The van der Waals surface area contributed by atoms with Gasteiger partial charge in [0.25, 0.3) is 0 Å². The zero-order chi connectivity index (χ0) is 13.7. The van der Waals surface area contributed by atoms with E-state index < -0.39 is 0 Å². The highest BCUT2D eigenvalue weighted by molar-refractivity contribution is 5.95. The molecule has 0 bridgehead atoms. The molecule has 1 heterocycles. The van der Waals surface area contributed by atoms with E-state index >= 15 is 0 Å². The number of halogens is 1. The molecular weight excluding hydrogens is 278 g/mol. The molecule has 2 rings (SSSR count). The lowest BCUT2D eigenvalue weighted by Crippen LogP contribution is -2.19. The largest absolute Gasteiger partial charge is 0.326 e. The minimum Gasteiger partial charge on any atom is -0.326 e. The predicted molar refractivity (Wildman–Crippen MR) is 82.4 cm³/mol. The molecule has 0 spiro atoms. The second kappa shape index (κ2) is 7.87. The van der Waals surface area contributed by atoms with E-state index in [1.165, 1.54) is 0 Å². The maximum Gasteiger partial charge on any atom is 0.224 e. The lowest BCUT2D eigenvalue weighted by Gasteiger charge is -2.17. The van der Waals surface area contributed by atoms with Crippen molar-refractivity contribution in [2.24, 2.45) is 0 Å². The van der Waals surface area contributed by atoms with E-state index in [2.05, 4.69) is 16.0 Å². The summed E-state index contributed by atoms with van der Waals surface area (Å²) >= 11 is 0. The molecule has 5 nitrogen and oxygen atoms in total. The maximum atomic E-state index is 11.7. The summed E-state index contributed by atoms with van der Waals surface area (Å²) in [7, 11) is 1.87. The zero-order valence-corrected chi connectivity index (χ0v) is 12.3. The second-order valence-electron chi connectivity index (χ2n) is 4.68. The molecule has 20 heavy (non-hydrogen) atoms. The monoisotopic (exact) mass is 297 g/mol. The molecule has 110 valence electrons. The summed E-state index contributed by atoms with van der Waals surface area (Å²) in [5.41, 5.74) is 2.72. The SMILES string of the molecule is CNCCCC(=O)Nc1ccc2c(c1)CCC(=O)N2.Cl. The molecular formula is C14H20ClN3O2. The molecule has 0 unspecified atom stereocenters. The molecule has 1 aliphatic rings. The smallest absolute Gasteiger partial charge is 0.224 e. The third-order valence-corrected chi connectivity index (χ3v) is 3.12. The van der Waals surface area contributed by atoms with Crippen LogP contribution in [0.5, 0.6) is 0 Å². The Kier molecular flexibility index (Phi) is 6.48. The number of nitrogens with one attached hydrogen (secondary N) is 3. The van der Waals surface area contributed by atoms with E-state index in [9.17, 15) is 9.59 Å². The van der Waals surface area contributed by atoms with Gasteiger partial charge in [0, 0.05) is 24.2 Å². The first kappa shape index (κ1) is 16.5. The van der Waals surface area contributed by atoms with Crippen LogP contribution in [-0.4, -0.2) is 25.4 Å². The van der Waals surface area contributed by atoms with Gasteiger partial charge in [-0.05, 0) is 50.2 Å². The molecule has 2 amide bonds. The van der Waals surface area contributed by atoms with E-state index in [-0.39, 0.29) is 24.2 Å². The summed E-state index contributed by atoms with van der Waals surface area (Å²) in [6.07, 6.45) is 2.56. The minimum atomic E-state index is 0. The first-order valence-corrected chi connectivity index (χ1v) is 6.56. The fourth-order valence-electron chi connectivity index (χ4n) is 2.11. The quantitative estimate of drug-likeness (QED) is 0.727. The Hall–Kier alpha value is -1.59. The van der Waals surface area contributed by atoms with Crippen molar-refractivity contribution in [2.45, 2.75) is 25.7 Å². The molecule has 0 radical (unpaired) electrons.